The van der Waals surface area contributed by atoms with Crippen LogP contribution in [0.4, 0.5) is 32.0 Å². The van der Waals surface area contributed by atoms with Gasteiger partial charge in [-0.15, -0.1) is 0 Å². The molecule has 248 valence electrons. The second-order valence-electron chi connectivity index (χ2n) is 12.2. The highest BCUT2D eigenvalue weighted by atomic mass is 19.4. The highest BCUT2D eigenvalue weighted by Crippen LogP contribution is 2.51. The number of nitrogens with zero attached hydrogens (tertiary/aromatic N) is 1. The Bertz CT molecular complexity index is 1780. The highest BCUT2D eigenvalue weighted by molar-refractivity contribution is 6.22. The summed E-state index contributed by atoms with van der Waals surface area (Å²) >= 11 is 0. The number of halogens is 6. The summed E-state index contributed by atoms with van der Waals surface area (Å²) in [6.07, 6.45) is -7.04. The van der Waals surface area contributed by atoms with Crippen LogP contribution in [0.15, 0.2) is 71.3 Å². The Balaban J connectivity index is 1.27. The predicted octanol–water partition coefficient (Wildman–Crippen LogP) is 7.67. The standard InChI is InChI=1S/C35H31F6NO5/c1-2-18(11-19-8-9-28(44)25-6-4-3-5-24(19)25)7-10-29-30-20(16-43)12-26-31(27(30)17-47-29)33(46)42(32(26)45)23-14-21(34(36,37)38)13-22(15-23)35(39,40)41/h3-6,8-9,11,13-15,26-27,29,31,43-44H,2,7,10,12,16-17H2,1H3/b18-11+/t26-,27+,29-,31-/m1/s1. The number of aromatic hydroxyl groups is 1. The normalized spacial score (nSPS) is 23.6. The summed E-state index contributed by atoms with van der Waals surface area (Å²) in [7, 11) is 0. The largest absolute Gasteiger partial charge is 0.507 e. The summed E-state index contributed by atoms with van der Waals surface area (Å²) in [6, 6.07) is 11.7. The van der Waals surface area contributed by atoms with Crippen molar-refractivity contribution >= 4 is 34.4 Å². The van der Waals surface area contributed by atoms with Gasteiger partial charge in [-0.1, -0.05) is 48.9 Å². The van der Waals surface area contributed by atoms with E-state index in [2.05, 4.69) is 0 Å². The number of rotatable bonds is 7. The van der Waals surface area contributed by atoms with Crippen LogP contribution in [-0.4, -0.2) is 41.3 Å². The van der Waals surface area contributed by atoms with Crippen LogP contribution in [-0.2, 0) is 26.7 Å². The molecule has 2 N–H and O–H groups in total. The number of benzene rings is 3. The fourth-order valence-electron chi connectivity index (χ4n) is 7.26. The molecule has 4 atom stereocenters. The minimum absolute atomic E-state index is 0.0156. The van der Waals surface area contributed by atoms with Crippen LogP contribution >= 0.6 is 0 Å². The molecular weight excluding hydrogens is 628 g/mol. The molecule has 2 amide bonds. The molecule has 1 aliphatic carbocycles. The van der Waals surface area contributed by atoms with Gasteiger partial charge in [-0.2, -0.15) is 26.3 Å². The van der Waals surface area contributed by atoms with Crippen molar-refractivity contribution in [1.29, 1.82) is 0 Å². The van der Waals surface area contributed by atoms with E-state index in [1.54, 1.807) is 6.07 Å². The van der Waals surface area contributed by atoms with Crippen molar-refractivity contribution < 1.29 is 50.9 Å². The number of phenols is 1. The number of aliphatic hydroxyl groups excluding tert-OH is 1. The topological polar surface area (TPSA) is 87.1 Å². The number of ether oxygens (including phenoxy) is 1. The second-order valence-corrected chi connectivity index (χ2v) is 12.2. The zero-order chi connectivity index (χ0) is 33.8. The second kappa shape index (κ2) is 12.1. The number of allylic oxidation sites excluding steroid dienone is 1. The van der Waals surface area contributed by atoms with Crippen LogP contribution in [0, 0.1) is 17.8 Å². The number of carbonyl (C=O) groups is 2. The summed E-state index contributed by atoms with van der Waals surface area (Å²) in [5, 5.41) is 22.2. The molecule has 2 saturated heterocycles. The number of hydrogen-bond acceptors (Lipinski definition) is 5. The van der Waals surface area contributed by atoms with Crippen molar-refractivity contribution in [1.82, 2.24) is 0 Å². The smallest absolute Gasteiger partial charge is 0.416 e. The molecule has 3 aromatic rings. The first-order chi connectivity index (χ1) is 22.2. The molecule has 3 aromatic carbocycles. The van der Waals surface area contributed by atoms with E-state index in [0.29, 0.717) is 47.4 Å². The van der Waals surface area contributed by atoms with Gasteiger partial charge in [0.05, 0.1) is 48.0 Å². The van der Waals surface area contributed by atoms with Gasteiger partial charge < -0.3 is 14.9 Å². The minimum Gasteiger partial charge on any atom is -0.507 e. The molecule has 12 heteroatoms. The lowest BCUT2D eigenvalue weighted by Crippen LogP contribution is -2.35. The number of fused-ring (bicyclic) bond motifs is 4. The van der Waals surface area contributed by atoms with Gasteiger partial charge in [-0.05, 0) is 72.0 Å². The van der Waals surface area contributed by atoms with E-state index < -0.39 is 71.4 Å². The quantitative estimate of drug-likeness (QED) is 0.155. The van der Waals surface area contributed by atoms with Gasteiger partial charge in [0.25, 0.3) is 0 Å². The van der Waals surface area contributed by atoms with Gasteiger partial charge >= 0.3 is 12.4 Å². The van der Waals surface area contributed by atoms with E-state index in [1.807, 2.05) is 43.3 Å². The number of hydrogen-bond donors (Lipinski definition) is 2. The Morgan fingerprint density at radius 1 is 0.936 bits per heavy atom. The first-order valence-corrected chi connectivity index (χ1v) is 15.2. The Morgan fingerprint density at radius 2 is 1.60 bits per heavy atom. The molecule has 6 rings (SSSR count). The van der Waals surface area contributed by atoms with Gasteiger partial charge in [0, 0.05) is 11.3 Å². The van der Waals surface area contributed by atoms with E-state index in [4.69, 9.17) is 4.74 Å². The third-order valence-corrected chi connectivity index (χ3v) is 9.51. The fraction of sp³-hybridized carbons (Fsp3) is 0.371. The van der Waals surface area contributed by atoms with E-state index in [1.165, 1.54) is 0 Å². The van der Waals surface area contributed by atoms with Gasteiger partial charge in [-0.25, -0.2) is 4.90 Å². The molecular formula is C35H31F6NO5. The van der Waals surface area contributed by atoms with Crippen LogP contribution in [0.25, 0.3) is 16.8 Å². The average Bonchev–Trinajstić information content (AvgIpc) is 3.56. The molecule has 3 aliphatic rings. The summed E-state index contributed by atoms with van der Waals surface area (Å²) in [4.78, 5) is 27.7. The molecule has 0 aromatic heterocycles. The van der Waals surface area contributed by atoms with Crippen molar-refractivity contribution in [3.05, 3.63) is 88.0 Å². The molecule has 0 saturated carbocycles. The lowest BCUT2D eigenvalue weighted by Gasteiger charge is -2.31. The first-order valence-electron chi connectivity index (χ1n) is 15.2. The summed E-state index contributed by atoms with van der Waals surface area (Å²) in [5.41, 5.74) is -0.881. The third-order valence-electron chi connectivity index (χ3n) is 9.51. The van der Waals surface area contributed by atoms with E-state index >= 15 is 0 Å². The Kier molecular flexibility index (Phi) is 8.46. The van der Waals surface area contributed by atoms with Crippen molar-refractivity contribution in [3.63, 3.8) is 0 Å². The van der Waals surface area contributed by atoms with Crippen LogP contribution in [0.1, 0.15) is 49.3 Å². The van der Waals surface area contributed by atoms with Crippen molar-refractivity contribution in [2.24, 2.45) is 17.8 Å². The molecule has 0 radical (unpaired) electrons. The maximum absolute atomic E-state index is 13.7. The van der Waals surface area contributed by atoms with Gasteiger partial charge in [-0.3, -0.25) is 9.59 Å². The van der Waals surface area contributed by atoms with Crippen LogP contribution < -0.4 is 4.90 Å². The Labute approximate surface area is 265 Å². The predicted molar refractivity (Wildman–Crippen MR) is 161 cm³/mol. The average molecular weight is 660 g/mol. The highest BCUT2D eigenvalue weighted by Gasteiger charge is 2.57. The maximum atomic E-state index is 13.7. The molecule has 2 aliphatic heterocycles. The van der Waals surface area contributed by atoms with E-state index in [0.717, 1.165) is 21.9 Å². The van der Waals surface area contributed by atoms with Crippen molar-refractivity contribution in [2.45, 2.75) is 51.1 Å². The number of phenolic OH excluding ortho intramolecular Hbond substituents is 1. The third kappa shape index (κ3) is 5.93. The molecule has 47 heavy (non-hydrogen) atoms. The minimum atomic E-state index is -5.15. The number of carbonyl (C=O) groups excluding carboxylic acids is 2. The lowest BCUT2D eigenvalue weighted by atomic mass is 9.69. The Hall–Kier alpha value is -4.16. The van der Waals surface area contributed by atoms with E-state index in [9.17, 15) is 46.1 Å². The fourth-order valence-corrected chi connectivity index (χ4v) is 7.26. The van der Waals surface area contributed by atoms with Crippen molar-refractivity contribution in [2.75, 3.05) is 18.1 Å². The number of aliphatic hydroxyl groups is 1. The summed E-state index contributed by atoms with van der Waals surface area (Å²) < 4.78 is 87.5. The monoisotopic (exact) mass is 659 g/mol. The van der Waals surface area contributed by atoms with Gasteiger partial charge in [0.1, 0.15) is 5.75 Å². The number of imide groups is 1. The molecule has 0 bridgehead atoms. The van der Waals surface area contributed by atoms with E-state index in [-0.39, 0.29) is 24.8 Å². The number of anilines is 1. The Morgan fingerprint density at radius 3 is 2.21 bits per heavy atom. The number of alkyl halides is 6. The van der Waals surface area contributed by atoms with Crippen LogP contribution in [0.3, 0.4) is 0 Å². The lowest BCUT2D eigenvalue weighted by molar-refractivity contribution is -0.143. The van der Waals surface area contributed by atoms with Crippen LogP contribution in [0.2, 0.25) is 0 Å². The van der Waals surface area contributed by atoms with Gasteiger partial charge in [0.2, 0.25) is 11.8 Å². The zero-order valence-electron chi connectivity index (χ0n) is 25.2. The number of amides is 2. The zero-order valence-corrected chi connectivity index (χ0v) is 25.2. The first kappa shape index (κ1) is 32.8. The van der Waals surface area contributed by atoms with Crippen LogP contribution in [0.5, 0.6) is 5.75 Å². The van der Waals surface area contributed by atoms with Crippen molar-refractivity contribution in [3.8, 4) is 5.75 Å². The molecule has 2 fully saturated rings. The molecule has 2 heterocycles. The summed E-state index contributed by atoms with van der Waals surface area (Å²) in [5.74, 6) is -4.38. The molecule has 0 spiro atoms. The summed E-state index contributed by atoms with van der Waals surface area (Å²) in [6.45, 7) is 1.58. The molecule has 0 unspecified atom stereocenters. The maximum Gasteiger partial charge on any atom is 0.416 e. The molecule has 6 nitrogen and oxygen atoms in total. The SMILES string of the molecule is CC/C(=C\c1ccc(O)c2ccccc12)CC[C@H]1OC[C@H]2C1=C(CO)C[C@H]1C(=O)N(c3cc(C(F)(F)F)cc(C(F)(F)F)c3)C(=O)[C@H]12. The van der Waals surface area contributed by atoms with Gasteiger partial charge in [0.15, 0.2) is 0 Å².